The summed E-state index contributed by atoms with van der Waals surface area (Å²) >= 11 is 0. The third-order valence-corrected chi connectivity index (χ3v) is 7.96. The normalized spacial score (nSPS) is 18.7. The second-order valence-corrected chi connectivity index (χ2v) is 10.4. The molecule has 0 aliphatic carbocycles. The highest BCUT2D eigenvalue weighted by molar-refractivity contribution is 5.95. The molecule has 2 aliphatic heterocycles. The van der Waals surface area contributed by atoms with Crippen molar-refractivity contribution < 1.29 is 9.18 Å². The van der Waals surface area contributed by atoms with Gasteiger partial charge in [-0.05, 0) is 73.8 Å². The van der Waals surface area contributed by atoms with E-state index >= 15 is 0 Å². The minimum atomic E-state index is -0.286. The summed E-state index contributed by atoms with van der Waals surface area (Å²) in [6, 6.07) is 20.9. The number of pyridine rings is 1. The molecule has 2 saturated heterocycles. The molecule has 1 amide bonds. The van der Waals surface area contributed by atoms with Crippen molar-refractivity contribution in [3.63, 3.8) is 0 Å². The Bertz CT molecular complexity index is 1360. The molecule has 6 rings (SSSR count). The van der Waals surface area contributed by atoms with E-state index in [2.05, 4.69) is 45.3 Å². The second-order valence-electron chi connectivity index (χ2n) is 10.4. The highest BCUT2D eigenvalue weighted by atomic mass is 19.1. The van der Waals surface area contributed by atoms with E-state index in [1.807, 2.05) is 27.9 Å². The zero-order chi connectivity index (χ0) is 25.9. The molecule has 194 valence electrons. The van der Waals surface area contributed by atoms with Crippen LogP contribution >= 0.6 is 0 Å². The van der Waals surface area contributed by atoms with Crippen molar-refractivity contribution in [1.29, 1.82) is 0 Å². The molecule has 4 heterocycles. The molecule has 0 radical (unpaired) electrons. The van der Waals surface area contributed by atoms with Crippen molar-refractivity contribution >= 4 is 5.91 Å². The molecule has 6 nitrogen and oxygen atoms in total. The van der Waals surface area contributed by atoms with Gasteiger partial charge in [0.25, 0.3) is 5.91 Å². The standard InChI is InChI=1S/C31H32FN5O/c32-27-8-10-28(11-9-27)37-30(25-12-16-35(17-13-25)21-23-5-4-15-33-19-23)29(20-34-37)31(38)36-18-14-26(22-36)24-6-2-1-3-7-24/h1-11,15,19-20,25-26H,12-14,16-18,21-22H2/t26-/m0/s1. The number of halogens is 1. The van der Waals surface area contributed by atoms with Gasteiger partial charge in [-0.3, -0.25) is 14.7 Å². The summed E-state index contributed by atoms with van der Waals surface area (Å²) in [5.74, 6) is 0.307. The van der Waals surface area contributed by atoms with Gasteiger partial charge in [0.2, 0.25) is 0 Å². The van der Waals surface area contributed by atoms with Gasteiger partial charge >= 0.3 is 0 Å². The van der Waals surface area contributed by atoms with Gasteiger partial charge in [-0.2, -0.15) is 5.10 Å². The van der Waals surface area contributed by atoms with E-state index in [1.165, 1.54) is 23.3 Å². The Morgan fingerprint density at radius 1 is 0.868 bits per heavy atom. The molecule has 2 fully saturated rings. The molecule has 2 aromatic carbocycles. The van der Waals surface area contributed by atoms with Crippen molar-refractivity contribution in [3.05, 3.63) is 114 Å². The number of rotatable bonds is 6. The Balaban J connectivity index is 1.24. The molecule has 1 atom stereocenters. The van der Waals surface area contributed by atoms with Gasteiger partial charge in [0.05, 0.1) is 23.1 Å². The summed E-state index contributed by atoms with van der Waals surface area (Å²) in [6.07, 6.45) is 8.27. The fraction of sp³-hybridized carbons (Fsp3) is 0.323. The quantitative estimate of drug-likeness (QED) is 0.349. The zero-order valence-corrected chi connectivity index (χ0v) is 21.4. The molecular weight excluding hydrogens is 477 g/mol. The van der Waals surface area contributed by atoms with Gasteiger partial charge < -0.3 is 4.90 Å². The van der Waals surface area contributed by atoms with Crippen molar-refractivity contribution in [2.45, 2.75) is 37.6 Å². The third-order valence-electron chi connectivity index (χ3n) is 7.96. The van der Waals surface area contributed by atoms with Crippen molar-refractivity contribution in [3.8, 4) is 5.69 Å². The smallest absolute Gasteiger partial charge is 0.257 e. The summed E-state index contributed by atoms with van der Waals surface area (Å²) in [5, 5.41) is 4.67. The molecule has 0 N–H and O–H groups in total. The predicted molar refractivity (Wildman–Crippen MR) is 145 cm³/mol. The number of benzene rings is 2. The van der Waals surface area contributed by atoms with Crippen LogP contribution in [-0.4, -0.2) is 56.7 Å². The molecule has 7 heteroatoms. The first-order valence-electron chi connectivity index (χ1n) is 13.4. The largest absolute Gasteiger partial charge is 0.338 e. The zero-order valence-electron chi connectivity index (χ0n) is 21.4. The number of carbonyl (C=O) groups excluding carboxylic acids is 1. The van der Waals surface area contributed by atoms with Gasteiger partial charge in [0, 0.05) is 43.9 Å². The Labute approximate surface area is 222 Å². The number of aromatic nitrogens is 3. The summed E-state index contributed by atoms with van der Waals surface area (Å²) in [7, 11) is 0. The number of hydrogen-bond donors (Lipinski definition) is 0. The van der Waals surface area contributed by atoms with Crippen LogP contribution < -0.4 is 0 Å². The monoisotopic (exact) mass is 509 g/mol. The first-order chi connectivity index (χ1) is 18.7. The lowest BCUT2D eigenvalue weighted by Gasteiger charge is -2.33. The van der Waals surface area contributed by atoms with E-state index in [-0.39, 0.29) is 17.6 Å². The molecule has 2 aromatic heterocycles. The maximum atomic E-state index is 13.9. The van der Waals surface area contributed by atoms with Crippen molar-refractivity contribution in [2.75, 3.05) is 26.2 Å². The lowest BCUT2D eigenvalue weighted by atomic mass is 9.90. The van der Waals surface area contributed by atoms with E-state index in [9.17, 15) is 9.18 Å². The summed E-state index contributed by atoms with van der Waals surface area (Å²) < 4.78 is 15.6. The Hall–Kier alpha value is -3.84. The van der Waals surface area contributed by atoms with Crippen molar-refractivity contribution in [2.24, 2.45) is 0 Å². The number of nitrogens with zero attached hydrogens (tertiary/aromatic N) is 5. The van der Waals surface area contributed by atoms with E-state index < -0.39 is 0 Å². The Morgan fingerprint density at radius 3 is 2.37 bits per heavy atom. The summed E-state index contributed by atoms with van der Waals surface area (Å²) in [5.41, 5.74) is 4.90. The number of likely N-dealkylation sites (tertiary alicyclic amines) is 2. The Morgan fingerprint density at radius 2 is 1.63 bits per heavy atom. The molecule has 4 aromatic rings. The maximum Gasteiger partial charge on any atom is 0.257 e. The minimum Gasteiger partial charge on any atom is -0.338 e. The van der Waals surface area contributed by atoms with E-state index in [0.717, 1.165) is 56.8 Å². The van der Waals surface area contributed by atoms with E-state index in [0.29, 0.717) is 18.0 Å². The van der Waals surface area contributed by atoms with Crippen LogP contribution in [-0.2, 0) is 6.54 Å². The fourth-order valence-electron chi connectivity index (χ4n) is 5.93. The van der Waals surface area contributed by atoms with Gasteiger partial charge in [-0.1, -0.05) is 36.4 Å². The van der Waals surface area contributed by atoms with Crippen molar-refractivity contribution in [1.82, 2.24) is 24.6 Å². The number of hydrogen-bond acceptors (Lipinski definition) is 4. The Kier molecular flexibility index (Phi) is 7.01. The number of piperidine rings is 1. The topological polar surface area (TPSA) is 54.3 Å². The highest BCUT2D eigenvalue weighted by Gasteiger charge is 2.34. The van der Waals surface area contributed by atoms with Crippen LogP contribution in [0.15, 0.2) is 85.3 Å². The fourth-order valence-corrected chi connectivity index (χ4v) is 5.93. The molecule has 0 saturated carbocycles. The second kappa shape index (κ2) is 10.9. The minimum absolute atomic E-state index is 0.0459. The van der Waals surface area contributed by atoms with Crippen LogP contribution in [0.25, 0.3) is 5.69 Å². The molecule has 0 unspecified atom stereocenters. The molecule has 0 spiro atoms. The van der Waals surface area contributed by atoms with Crippen LogP contribution in [0.1, 0.15) is 58.3 Å². The molecular formula is C31H32FN5O. The third kappa shape index (κ3) is 5.11. The van der Waals surface area contributed by atoms with E-state index in [4.69, 9.17) is 0 Å². The molecule has 0 bridgehead atoms. The maximum absolute atomic E-state index is 13.9. The average molecular weight is 510 g/mol. The first kappa shape index (κ1) is 24.5. The highest BCUT2D eigenvalue weighted by Crippen LogP contribution is 2.35. The predicted octanol–water partition coefficient (Wildman–Crippen LogP) is 5.42. The molecule has 2 aliphatic rings. The van der Waals surface area contributed by atoms with Crippen LogP contribution in [0.4, 0.5) is 4.39 Å². The number of amides is 1. The van der Waals surface area contributed by atoms with Gasteiger partial charge in [-0.15, -0.1) is 0 Å². The number of carbonyl (C=O) groups is 1. The molecule has 38 heavy (non-hydrogen) atoms. The van der Waals surface area contributed by atoms with Gasteiger partial charge in [0.1, 0.15) is 5.82 Å². The summed E-state index contributed by atoms with van der Waals surface area (Å²) in [6.45, 7) is 4.19. The van der Waals surface area contributed by atoms with Gasteiger partial charge in [-0.25, -0.2) is 9.07 Å². The lowest BCUT2D eigenvalue weighted by Crippen LogP contribution is -2.34. The first-order valence-corrected chi connectivity index (χ1v) is 13.4. The van der Waals surface area contributed by atoms with Crippen LogP contribution in [0.5, 0.6) is 0 Å². The lowest BCUT2D eigenvalue weighted by molar-refractivity contribution is 0.0788. The van der Waals surface area contributed by atoms with E-state index in [1.54, 1.807) is 24.5 Å². The average Bonchev–Trinajstić information content (AvgIpc) is 3.63. The summed E-state index contributed by atoms with van der Waals surface area (Å²) in [4.78, 5) is 22.6. The SMILES string of the molecule is O=C(c1cnn(-c2ccc(F)cc2)c1C1CCN(Cc2cccnc2)CC1)N1CC[C@H](c2ccccc2)C1. The van der Waals surface area contributed by atoms with Crippen LogP contribution in [0, 0.1) is 5.82 Å². The van der Waals surface area contributed by atoms with Crippen LogP contribution in [0.2, 0.25) is 0 Å². The van der Waals surface area contributed by atoms with Gasteiger partial charge in [0.15, 0.2) is 0 Å². The van der Waals surface area contributed by atoms with Crippen LogP contribution in [0.3, 0.4) is 0 Å².